The van der Waals surface area contributed by atoms with Crippen LogP contribution in [0, 0.1) is 5.92 Å². The van der Waals surface area contributed by atoms with Gasteiger partial charge >= 0.3 is 0 Å². The normalized spacial score (nSPS) is 9.88. The molecule has 0 aromatic carbocycles. The van der Waals surface area contributed by atoms with Crippen LogP contribution in [0.25, 0.3) is 0 Å². The van der Waals surface area contributed by atoms with E-state index >= 15 is 0 Å². The summed E-state index contributed by atoms with van der Waals surface area (Å²) in [6.07, 6.45) is 9.29. The second kappa shape index (κ2) is 20.1. The van der Waals surface area contributed by atoms with Crippen molar-refractivity contribution >= 4 is 5.71 Å². The Hall–Kier alpha value is -1.41. The van der Waals surface area contributed by atoms with Crippen molar-refractivity contribution in [2.24, 2.45) is 16.6 Å². The van der Waals surface area contributed by atoms with Crippen molar-refractivity contribution in [3.63, 3.8) is 0 Å². The van der Waals surface area contributed by atoms with E-state index in [0.29, 0.717) is 6.54 Å². The monoisotopic (exact) mass is 236 g/mol. The molecular formula is C15H28N2. The van der Waals surface area contributed by atoms with Crippen LogP contribution in [0.4, 0.5) is 0 Å². The van der Waals surface area contributed by atoms with E-state index in [2.05, 4.69) is 30.5 Å². The predicted molar refractivity (Wildman–Crippen MR) is 82.7 cm³/mol. The molecule has 2 heteroatoms. The molecule has 0 heterocycles. The van der Waals surface area contributed by atoms with Crippen molar-refractivity contribution in [3.8, 4) is 0 Å². The predicted octanol–water partition coefficient (Wildman–Crippen LogP) is 3.78. The van der Waals surface area contributed by atoms with E-state index in [1.54, 1.807) is 6.08 Å². The lowest BCUT2D eigenvalue weighted by atomic mass is 10.1. The van der Waals surface area contributed by atoms with Crippen molar-refractivity contribution in [2.75, 3.05) is 13.6 Å². The molecular weight excluding hydrogens is 208 g/mol. The first-order chi connectivity index (χ1) is 8.28. The highest BCUT2D eigenvalue weighted by Gasteiger charge is 1.95. The number of rotatable bonds is 6. The van der Waals surface area contributed by atoms with Gasteiger partial charge in [-0.15, -0.1) is 13.2 Å². The zero-order chi connectivity index (χ0) is 14.1. The first kappa shape index (κ1) is 20.9. The van der Waals surface area contributed by atoms with Crippen LogP contribution in [0.3, 0.4) is 0 Å². The SMILES string of the molecule is C=CC(/C=C/C)=NCC(C=C)C=C.CC.CN. The van der Waals surface area contributed by atoms with Gasteiger partial charge in [-0.3, -0.25) is 4.99 Å². The highest BCUT2D eigenvalue weighted by molar-refractivity contribution is 6.03. The molecule has 0 aliphatic heterocycles. The summed E-state index contributed by atoms with van der Waals surface area (Å²) in [5.41, 5.74) is 5.40. The van der Waals surface area contributed by atoms with Gasteiger partial charge in [0.25, 0.3) is 0 Å². The minimum absolute atomic E-state index is 0.250. The number of hydrogen-bond donors (Lipinski definition) is 1. The molecule has 0 aromatic rings. The fourth-order valence-electron chi connectivity index (χ4n) is 0.812. The Bertz CT molecular complexity index is 229. The van der Waals surface area contributed by atoms with Crippen LogP contribution in [0.15, 0.2) is 55.1 Å². The molecule has 0 unspecified atom stereocenters. The lowest BCUT2D eigenvalue weighted by molar-refractivity contribution is 0.827. The van der Waals surface area contributed by atoms with E-state index in [-0.39, 0.29) is 5.92 Å². The highest BCUT2D eigenvalue weighted by Crippen LogP contribution is 2.00. The molecule has 0 fully saturated rings. The van der Waals surface area contributed by atoms with Crippen LogP contribution in [0.1, 0.15) is 20.8 Å². The standard InChI is InChI=1S/C12H17N.C2H6.CH5N/c1-5-9-12(8-4)13-10-11(6-2)7-3;2*1-2/h5-9,11H,2-4,10H2,1H3;1-2H3;2H2,1H3/b9-5+,13-12?;;. The molecule has 0 bridgehead atoms. The smallest absolute Gasteiger partial charge is 0.0565 e. The van der Waals surface area contributed by atoms with Crippen LogP contribution >= 0.6 is 0 Å². The van der Waals surface area contributed by atoms with E-state index < -0.39 is 0 Å². The fraction of sp³-hybridized carbons (Fsp3) is 0.400. The molecule has 17 heavy (non-hydrogen) atoms. The Morgan fingerprint density at radius 1 is 1.18 bits per heavy atom. The van der Waals surface area contributed by atoms with Gasteiger partial charge in [-0.25, -0.2) is 0 Å². The molecule has 0 aromatic heterocycles. The molecule has 2 N–H and O–H groups in total. The van der Waals surface area contributed by atoms with Gasteiger partial charge < -0.3 is 5.73 Å². The number of nitrogens with two attached hydrogens (primary N) is 1. The lowest BCUT2D eigenvalue weighted by Gasteiger charge is -2.01. The van der Waals surface area contributed by atoms with E-state index in [1.807, 2.05) is 45.1 Å². The van der Waals surface area contributed by atoms with Crippen molar-refractivity contribution < 1.29 is 0 Å². The fourth-order valence-corrected chi connectivity index (χ4v) is 0.812. The zero-order valence-corrected chi connectivity index (χ0v) is 11.8. The minimum Gasteiger partial charge on any atom is -0.333 e. The Labute approximate surface area is 107 Å². The quantitative estimate of drug-likeness (QED) is 0.553. The highest BCUT2D eigenvalue weighted by atomic mass is 14.7. The second-order valence-electron chi connectivity index (χ2n) is 2.60. The molecule has 0 saturated carbocycles. The van der Waals surface area contributed by atoms with Crippen molar-refractivity contribution in [1.29, 1.82) is 0 Å². The summed E-state index contributed by atoms with van der Waals surface area (Å²) in [5.74, 6) is 0.250. The minimum atomic E-state index is 0.250. The largest absolute Gasteiger partial charge is 0.333 e. The van der Waals surface area contributed by atoms with Crippen molar-refractivity contribution in [3.05, 3.63) is 50.1 Å². The Morgan fingerprint density at radius 3 is 1.94 bits per heavy atom. The van der Waals surface area contributed by atoms with E-state index in [4.69, 9.17) is 0 Å². The summed E-state index contributed by atoms with van der Waals surface area (Å²) >= 11 is 0. The summed E-state index contributed by atoms with van der Waals surface area (Å²) in [7, 11) is 1.50. The van der Waals surface area contributed by atoms with Crippen LogP contribution in [0.5, 0.6) is 0 Å². The van der Waals surface area contributed by atoms with Gasteiger partial charge in [-0.2, -0.15) is 0 Å². The van der Waals surface area contributed by atoms with Crippen LogP contribution in [-0.4, -0.2) is 19.3 Å². The van der Waals surface area contributed by atoms with E-state index in [9.17, 15) is 0 Å². The van der Waals surface area contributed by atoms with E-state index in [1.165, 1.54) is 7.05 Å². The molecule has 0 saturated heterocycles. The molecule has 0 rings (SSSR count). The second-order valence-corrected chi connectivity index (χ2v) is 2.60. The summed E-state index contributed by atoms with van der Waals surface area (Å²) in [6.45, 7) is 17.7. The average Bonchev–Trinajstić information content (AvgIpc) is 2.43. The zero-order valence-electron chi connectivity index (χ0n) is 11.8. The maximum absolute atomic E-state index is 4.50. The third-order valence-corrected chi connectivity index (χ3v) is 1.64. The summed E-state index contributed by atoms with van der Waals surface area (Å²) in [6, 6.07) is 0. The lowest BCUT2D eigenvalue weighted by Crippen LogP contribution is -1.99. The number of aliphatic imine (C=N–C) groups is 1. The van der Waals surface area contributed by atoms with Crippen molar-refractivity contribution in [1.82, 2.24) is 0 Å². The van der Waals surface area contributed by atoms with Crippen LogP contribution in [0.2, 0.25) is 0 Å². The molecule has 0 spiro atoms. The third kappa shape index (κ3) is 14.6. The van der Waals surface area contributed by atoms with Gasteiger partial charge in [0, 0.05) is 12.5 Å². The van der Waals surface area contributed by atoms with Crippen molar-refractivity contribution in [2.45, 2.75) is 20.8 Å². The average molecular weight is 236 g/mol. The van der Waals surface area contributed by atoms with Gasteiger partial charge in [0.15, 0.2) is 0 Å². The number of nitrogens with zero attached hydrogens (tertiary/aromatic N) is 1. The molecule has 0 atom stereocenters. The van der Waals surface area contributed by atoms with Crippen LogP contribution in [-0.2, 0) is 0 Å². The maximum atomic E-state index is 4.50. The van der Waals surface area contributed by atoms with Crippen LogP contribution < -0.4 is 5.73 Å². The summed E-state index contributed by atoms with van der Waals surface area (Å²) in [4.78, 5) is 4.34. The summed E-state index contributed by atoms with van der Waals surface area (Å²) < 4.78 is 0. The third-order valence-electron chi connectivity index (χ3n) is 1.64. The maximum Gasteiger partial charge on any atom is 0.0565 e. The van der Waals surface area contributed by atoms with Gasteiger partial charge in [-0.1, -0.05) is 38.7 Å². The first-order valence-electron chi connectivity index (χ1n) is 5.90. The Balaban J connectivity index is -0.000000439. The first-order valence-corrected chi connectivity index (χ1v) is 5.90. The molecule has 0 aliphatic carbocycles. The molecule has 98 valence electrons. The van der Waals surface area contributed by atoms with Gasteiger partial charge in [0.05, 0.1) is 5.71 Å². The molecule has 0 aliphatic rings. The number of hydrogen-bond acceptors (Lipinski definition) is 2. The summed E-state index contributed by atoms with van der Waals surface area (Å²) in [5, 5.41) is 0. The molecule has 0 amide bonds. The Morgan fingerprint density at radius 2 is 1.65 bits per heavy atom. The van der Waals surface area contributed by atoms with Gasteiger partial charge in [0.1, 0.15) is 0 Å². The number of allylic oxidation sites excluding steroid dienone is 3. The van der Waals surface area contributed by atoms with Gasteiger partial charge in [-0.05, 0) is 26.1 Å². The molecule has 2 nitrogen and oxygen atoms in total. The topological polar surface area (TPSA) is 38.4 Å². The molecule has 0 radical (unpaired) electrons. The Kier molecular flexibility index (Phi) is 24.7. The van der Waals surface area contributed by atoms with E-state index in [0.717, 1.165) is 5.71 Å². The van der Waals surface area contributed by atoms with Gasteiger partial charge in [0.2, 0.25) is 0 Å².